The molecular formula is C12H12BrNO5S. The molecule has 1 amide bonds. The number of nitrogens with one attached hydrogen (secondary N) is 1. The molecule has 0 heterocycles. The molecule has 0 bridgehead atoms. The first kappa shape index (κ1) is 15.0. The zero-order chi connectivity index (χ0) is 14.9. The van der Waals surface area contributed by atoms with Crippen LogP contribution < -0.4 is 5.32 Å². The number of carboxylic acid groups (broad SMARTS) is 1. The van der Waals surface area contributed by atoms with Crippen LogP contribution in [0.25, 0.3) is 0 Å². The molecule has 1 aliphatic carbocycles. The van der Waals surface area contributed by atoms with E-state index in [4.69, 9.17) is 5.11 Å². The standard InChI is InChI=1S/C12H12BrNO5S/c13-9-4-1-7(12(16)17)5-10(9)20(18,19)6-11(15)14-8-2-3-8/h1,4-5,8H,2-3,6H2,(H,14,15)(H,16,17). The van der Waals surface area contributed by atoms with Crippen LogP contribution >= 0.6 is 15.9 Å². The average molecular weight is 362 g/mol. The van der Waals surface area contributed by atoms with Crippen molar-refractivity contribution in [1.82, 2.24) is 5.32 Å². The van der Waals surface area contributed by atoms with Gasteiger partial charge >= 0.3 is 5.97 Å². The Labute approximate surface area is 124 Å². The van der Waals surface area contributed by atoms with E-state index in [0.29, 0.717) is 0 Å². The minimum Gasteiger partial charge on any atom is -0.478 e. The topological polar surface area (TPSA) is 101 Å². The number of carbonyl (C=O) groups is 2. The van der Waals surface area contributed by atoms with Gasteiger partial charge in [-0.25, -0.2) is 13.2 Å². The number of aromatic carboxylic acids is 1. The van der Waals surface area contributed by atoms with Crippen molar-refractivity contribution >= 4 is 37.6 Å². The predicted molar refractivity (Wildman–Crippen MR) is 74.3 cm³/mol. The SMILES string of the molecule is O=C(CS(=O)(=O)c1cc(C(=O)O)ccc1Br)NC1CC1. The summed E-state index contributed by atoms with van der Waals surface area (Å²) in [7, 11) is -3.89. The Morgan fingerprint density at radius 1 is 1.35 bits per heavy atom. The van der Waals surface area contributed by atoms with Gasteiger partial charge < -0.3 is 10.4 Å². The third-order valence-corrected chi connectivity index (χ3v) is 5.38. The lowest BCUT2D eigenvalue weighted by Crippen LogP contribution is -2.32. The van der Waals surface area contributed by atoms with Gasteiger partial charge in [0, 0.05) is 10.5 Å². The molecule has 0 aliphatic heterocycles. The molecule has 0 spiro atoms. The van der Waals surface area contributed by atoms with E-state index >= 15 is 0 Å². The Balaban J connectivity index is 2.25. The number of rotatable bonds is 5. The Hall–Kier alpha value is -1.41. The van der Waals surface area contributed by atoms with E-state index in [1.165, 1.54) is 12.1 Å². The van der Waals surface area contributed by atoms with Crippen LogP contribution in [0.4, 0.5) is 0 Å². The summed E-state index contributed by atoms with van der Waals surface area (Å²) in [6, 6.07) is 3.75. The molecule has 0 atom stereocenters. The maximum absolute atomic E-state index is 12.2. The lowest BCUT2D eigenvalue weighted by Gasteiger charge is -2.08. The van der Waals surface area contributed by atoms with Crippen molar-refractivity contribution in [2.75, 3.05) is 5.75 Å². The van der Waals surface area contributed by atoms with Crippen molar-refractivity contribution in [3.05, 3.63) is 28.2 Å². The molecule has 0 unspecified atom stereocenters. The van der Waals surface area contributed by atoms with Gasteiger partial charge in [0.15, 0.2) is 9.84 Å². The van der Waals surface area contributed by atoms with Gasteiger partial charge in [0.1, 0.15) is 5.75 Å². The normalized spacial score (nSPS) is 14.8. The van der Waals surface area contributed by atoms with Crippen LogP contribution in [0.15, 0.2) is 27.6 Å². The highest BCUT2D eigenvalue weighted by Gasteiger charge is 2.28. The van der Waals surface area contributed by atoms with Crippen molar-refractivity contribution in [2.24, 2.45) is 0 Å². The average Bonchev–Trinajstić information content (AvgIpc) is 3.11. The molecule has 2 N–H and O–H groups in total. The molecule has 1 fully saturated rings. The van der Waals surface area contributed by atoms with Gasteiger partial charge in [0.2, 0.25) is 5.91 Å². The fourth-order valence-corrected chi connectivity index (χ4v) is 3.86. The van der Waals surface area contributed by atoms with E-state index in [1.54, 1.807) is 0 Å². The second-order valence-electron chi connectivity index (χ2n) is 4.55. The Morgan fingerprint density at radius 3 is 2.55 bits per heavy atom. The van der Waals surface area contributed by atoms with Crippen LogP contribution in [0.3, 0.4) is 0 Å². The number of hydrogen-bond donors (Lipinski definition) is 2. The fraction of sp³-hybridized carbons (Fsp3) is 0.333. The van der Waals surface area contributed by atoms with E-state index in [-0.39, 0.29) is 21.0 Å². The summed E-state index contributed by atoms with van der Waals surface area (Å²) in [5.74, 6) is -2.48. The Bertz CT molecular complexity index is 666. The van der Waals surface area contributed by atoms with Crippen LogP contribution in [0, 0.1) is 0 Å². The number of hydrogen-bond acceptors (Lipinski definition) is 4. The summed E-state index contributed by atoms with van der Waals surface area (Å²) in [4.78, 5) is 22.3. The highest BCUT2D eigenvalue weighted by atomic mass is 79.9. The quantitative estimate of drug-likeness (QED) is 0.820. The van der Waals surface area contributed by atoms with E-state index in [9.17, 15) is 18.0 Å². The van der Waals surface area contributed by atoms with Crippen molar-refractivity contribution in [2.45, 2.75) is 23.8 Å². The minimum atomic E-state index is -3.89. The summed E-state index contributed by atoms with van der Waals surface area (Å²) >= 11 is 3.06. The summed E-state index contributed by atoms with van der Waals surface area (Å²) in [5.41, 5.74) is -0.144. The first-order valence-electron chi connectivity index (χ1n) is 5.84. The number of halogens is 1. The largest absolute Gasteiger partial charge is 0.478 e. The highest BCUT2D eigenvalue weighted by Crippen LogP contribution is 2.25. The first-order chi connectivity index (χ1) is 9.29. The number of carboxylic acids is 1. The van der Waals surface area contributed by atoms with Gasteiger partial charge in [-0.2, -0.15) is 0 Å². The van der Waals surface area contributed by atoms with Gasteiger partial charge in [0.05, 0.1) is 10.5 Å². The van der Waals surface area contributed by atoms with Gasteiger partial charge in [-0.15, -0.1) is 0 Å². The second kappa shape index (κ2) is 5.53. The summed E-state index contributed by atoms with van der Waals surface area (Å²) in [6.45, 7) is 0. The van der Waals surface area contributed by atoms with E-state index in [0.717, 1.165) is 18.9 Å². The van der Waals surface area contributed by atoms with Gasteiger partial charge in [-0.05, 0) is 47.0 Å². The number of carbonyl (C=O) groups excluding carboxylic acids is 1. The third-order valence-electron chi connectivity index (χ3n) is 2.78. The first-order valence-corrected chi connectivity index (χ1v) is 8.29. The summed E-state index contributed by atoms with van der Waals surface area (Å²) < 4.78 is 24.6. The van der Waals surface area contributed by atoms with Crippen LogP contribution in [-0.4, -0.2) is 37.2 Å². The van der Waals surface area contributed by atoms with Gasteiger partial charge in [-0.1, -0.05) is 0 Å². The molecule has 0 saturated heterocycles. The van der Waals surface area contributed by atoms with Gasteiger partial charge in [0.25, 0.3) is 0 Å². The number of benzene rings is 1. The molecule has 1 aliphatic rings. The number of amides is 1. The second-order valence-corrected chi connectivity index (χ2v) is 7.36. The fourth-order valence-electron chi connectivity index (χ4n) is 1.62. The molecule has 6 nitrogen and oxygen atoms in total. The third kappa shape index (κ3) is 3.57. The van der Waals surface area contributed by atoms with Crippen LogP contribution in [0.1, 0.15) is 23.2 Å². The molecule has 20 heavy (non-hydrogen) atoms. The Morgan fingerprint density at radius 2 is 2.00 bits per heavy atom. The molecule has 2 rings (SSSR count). The maximum Gasteiger partial charge on any atom is 0.335 e. The molecular weight excluding hydrogens is 350 g/mol. The molecule has 0 aromatic heterocycles. The highest BCUT2D eigenvalue weighted by molar-refractivity contribution is 9.10. The van der Waals surface area contributed by atoms with Gasteiger partial charge in [-0.3, -0.25) is 4.79 Å². The molecule has 1 saturated carbocycles. The summed E-state index contributed by atoms with van der Waals surface area (Å²) in [6.07, 6.45) is 1.73. The Kier molecular flexibility index (Phi) is 4.14. The van der Waals surface area contributed by atoms with Crippen molar-refractivity contribution in [3.8, 4) is 0 Å². The van der Waals surface area contributed by atoms with E-state index in [2.05, 4.69) is 21.2 Å². The molecule has 0 radical (unpaired) electrons. The molecule has 1 aromatic carbocycles. The van der Waals surface area contributed by atoms with Crippen LogP contribution in [-0.2, 0) is 14.6 Å². The van der Waals surface area contributed by atoms with Crippen molar-refractivity contribution < 1.29 is 23.1 Å². The van der Waals surface area contributed by atoms with Crippen molar-refractivity contribution in [1.29, 1.82) is 0 Å². The van der Waals surface area contributed by atoms with Crippen molar-refractivity contribution in [3.63, 3.8) is 0 Å². The van der Waals surface area contributed by atoms with E-state index in [1.807, 2.05) is 0 Å². The zero-order valence-corrected chi connectivity index (χ0v) is 12.7. The molecule has 8 heteroatoms. The van der Waals surface area contributed by atoms with Crippen LogP contribution in [0.5, 0.6) is 0 Å². The van der Waals surface area contributed by atoms with Crippen LogP contribution in [0.2, 0.25) is 0 Å². The maximum atomic E-state index is 12.2. The molecule has 108 valence electrons. The predicted octanol–water partition coefficient (Wildman–Crippen LogP) is 1.20. The lowest BCUT2D eigenvalue weighted by atomic mass is 10.2. The minimum absolute atomic E-state index is 0.0755. The van der Waals surface area contributed by atoms with E-state index < -0.39 is 27.5 Å². The zero-order valence-electron chi connectivity index (χ0n) is 10.3. The molecule has 1 aromatic rings. The lowest BCUT2D eigenvalue weighted by molar-refractivity contribution is -0.118. The smallest absolute Gasteiger partial charge is 0.335 e. The monoisotopic (exact) mass is 361 g/mol. The number of sulfone groups is 1. The summed E-state index contributed by atoms with van der Waals surface area (Å²) in [5, 5.41) is 11.5.